The van der Waals surface area contributed by atoms with Crippen LogP contribution < -0.4 is 5.32 Å². The fraction of sp³-hybridized carbons (Fsp3) is 0.750. The van der Waals surface area contributed by atoms with Crippen LogP contribution in [0.15, 0.2) is 10.8 Å². The van der Waals surface area contributed by atoms with Gasteiger partial charge in [-0.3, -0.25) is 0 Å². The summed E-state index contributed by atoms with van der Waals surface area (Å²) in [4.78, 5) is 4.25. The Morgan fingerprint density at radius 2 is 2.31 bits per heavy atom. The van der Waals surface area contributed by atoms with Crippen LogP contribution in [0.1, 0.15) is 51.2 Å². The zero-order valence-electron chi connectivity index (χ0n) is 10.2. The third kappa shape index (κ3) is 2.83. The van der Waals surface area contributed by atoms with E-state index in [1.165, 1.54) is 6.39 Å². The first-order valence-electron chi connectivity index (χ1n) is 5.85. The van der Waals surface area contributed by atoms with E-state index in [1.54, 1.807) is 0 Å². The monoisotopic (exact) mass is 224 g/mol. The molecule has 0 radical (unpaired) electrons. The van der Waals surface area contributed by atoms with Crippen molar-refractivity contribution in [1.82, 2.24) is 10.3 Å². The van der Waals surface area contributed by atoms with Gasteiger partial charge in [-0.15, -0.1) is 0 Å². The summed E-state index contributed by atoms with van der Waals surface area (Å²) in [6.45, 7) is 7.98. The predicted octanol–water partition coefficient (Wildman–Crippen LogP) is 2.41. The van der Waals surface area contributed by atoms with Crippen LogP contribution in [0.4, 0.5) is 0 Å². The van der Waals surface area contributed by atoms with E-state index in [-0.39, 0.29) is 11.6 Å². The van der Waals surface area contributed by atoms with Crippen LogP contribution in [-0.4, -0.2) is 17.1 Å². The van der Waals surface area contributed by atoms with E-state index in [1.807, 2.05) is 0 Å². The molecule has 1 unspecified atom stereocenters. The maximum Gasteiger partial charge on any atom is 0.181 e. The van der Waals surface area contributed by atoms with Gasteiger partial charge in [0.25, 0.3) is 0 Å². The minimum absolute atomic E-state index is 0.0900. The Kier molecular flexibility index (Phi) is 3.30. The van der Waals surface area contributed by atoms with E-state index in [2.05, 4.69) is 31.1 Å². The maximum absolute atomic E-state index is 5.61. The lowest BCUT2D eigenvalue weighted by molar-refractivity contribution is 0.0924. The molecule has 0 amide bonds. The molecule has 1 saturated heterocycles. The van der Waals surface area contributed by atoms with Gasteiger partial charge in [0.2, 0.25) is 0 Å². The summed E-state index contributed by atoms with van der Waals surface area (Å²) in [5.74, 6) is 0.897. The molecule has 1 N–H and O–H groups in total. The highest BCUT2D eigenvalue weighted by molar-refractivity contribution is 5.11. The first-order chi connectivity index (χ1) is 7.56. The van der Waals surface area contributed by atoms with Gasteiger partial charge in [0, 0.05) is 18.7 Å². The van der Waals surface area contributed by atoms with E-state index in [0.717, 1.165) is 37.4 Å². The molecule has 1 aromatic heterocycles. The smallest absolute Gasteiger partial charge is 0.181 e. The molecule has 0 spiro atoms. The number of hydrogen-bond donors (Lipinski definition) is 1. The molecule has 1 fully saturated rings. The van der Waals surface area contributed by atoms with Gasteiger partial charge in [0.05, 0.1) is 5.69 Å². The second kappa shape index (κ2) is 4.55. The number of rotatable bonds is 3. The van der Waals surface area contributed by atoms with Gasteiger partial charge in [-0.05, 0) is 33.6 Å². The number of oxazole rings is 1. The van der Waals surface area contributed by atoms with Gasteiger partial charge in [-0.2, -0.15) is 0 Å². The molecule has 0 bridgehead atoms. The lowest BCUT2D eigenvalue weighted by Crippen LogP contribution is -2.35. The summed E-state index contributed by atoms with van der Waals surface area (Å²) < 4.78 is 11.0. The summed E-state index contributed by atoms with van der Waals surface area (Å²) in [6, 6.07) is 0. The van der Waals surface area contributed by atoms with Crippen molar-refractivity contribution in [2.75, 3.05) is 6.61 Å². The second-order valence-electron chi connectivity index (χ2n) is 5.27. The summed E-state index contributed by atoms with van der Waals surface area (Å²) in [6.07, 6.45) is 3.77. The Labute approximate surface area is 96.4 Å². The standard InChI is InChI=1S/C12H20N2O2/c1-12(2,3)14-7-9-11(16-8-13-9)10-5-4-6-15-10/h8,10,14H,4-7H2,1-3H3. The Balaban J connectivity index is 2.01. The summed E-state index contributed by atoms with van der Waals surface area (Å²) in [7, 11) is 0. The van der Waals surface area contributed by atoms with E-state index in [4.69, 9.17) is 9.15 Å². The number of ether oxygens (including phenoxy) is 1. The van der Waals surface area contributed by atoms with Crippen LogP contribution in [0.5, 0.6) is 0 Å². The second-order valence-corrected chi connectivity index (χ2v) is 5.27. The van der Waals surface area contributed by atoms with Crippen molar-refractivity contribution < 1.29 is 9.15 Å². The van der Waals surface area contributed by atoms with Gasteiger partial charge < -0.3 is 14.5 Å². The van der Waals surface area contributed by atoms with Crippen LogP contribution >= 0.6 is 0 Å². The highest BCUT2D eigenvalue weighted by Crippen LogP contribution is 2.30. The van der Waals surface area contributed by atoms with Gasteiger partial charge in [-0.25, -0.2) is 4.98 Å². The SMILES string of the molecule is CC(C)(C)NCc1ncoc1C1CCCO1. The topological polar surface area (TPSA) is 47.3 Å². The fourth-order valence-corrected chi connectivity index (χ4v) is 1.81. The molecule has 0 aliphatic carbocycles. The van der Waals surface area contributed by atoms with Gasteiger partial charge in [0.1, 0.15) is 6.10 Å². The summed E-state index contributed by atoms with van der Waals surface area (Å²) in [5.41, 5.74) is 1.06. The molecule has 1 aliphatic rings. The van der Waals surface area contributed by atoms with Crippen LogP contribution in [0.25, 0.3) is 0 Å². The lowest BCUT2D eigenvalue weighted by Gasteiger charge is -2.20. The molecule has 16 heavy (non-hydrogen) atoms. The van der Waals surface area contributed by atoms with E-state index < -0.39 is 0 Å². The normalized spacial score (nSPS) is 21.6. The van der Waals surface area contributed by atoms with Gasteiger partial charge in [0.15, 0.2) is 12.2 Å². The molecule has 4 nitrogen and oxygen atoms in total. The first-order valence-corrected chi connectivity index (χ1v) is 5.85. The average Bonchev–Trinajstić information content (AvgIpc) is 2.84. The Morgan fingerprint density at radius 1 is 1.50 bits per heavy atom. The molecule has 1 aromatic rings. The summed E-state index contributed by atoms with van der Waals surface area (Å²) >= 11 is 0. The van der Waals surface area contributed by atoms with Crippen molar-refractivity contribution in [1.29, 1.82) is 0 Å². The predicted molar refractivity (Wildman–Crippen MR) is 61.0 cm³/mol. The van der Waals surface area contributed by atoms with Crippen LogP contribution in [0.2, 0.25) is 0 Å². The average molecular weight is 224 g/mol. The molecule has 1 atom stereocenters. The fourth-order valence-electron chi connectivity index (χ4n) is 1.81. The molecule has 1 aliphatic heterocycles. The zero-order chi connectivity index (χ0) is 11.6. The number of aromatic nitrogens is 1. The molecular formula is C12H20N2O2. The Morgan fingerprint density at radius 3 is 2.94 bits per heavy atom. The largest absolute Gasteiger partial charge is 0.445 e. The number of nitrogens with zero attached hydrogens (tertiary/aromatic N) is 1. The molecule has 0 saturated carbocycles. The highest BCUT2D eigenvalue weighted by Gasteiger charge is 2.25. The molecular weight excluding hydrogens is 204 g/mol. The van der Waals surface area contributed by atoms with E-state index >= 15 is 0 Å². The molecule has 90 valence electrons. The van der Waals surface area contributed by atoms with Crippen molar-refractivity contribution in [3.05, 3.63) is 17.8 Å². The van der Waals surface area contributed by atoms with Crippen molar-refractivity contribution in [2.45, 2.75) is 51.8 Å². The van der Waals surface area contributed by atoms with Crippen LogP contribution in [0, 0.1) is 0 Å². The first kappa shape index (κ1) is 11.6. The van der Waals surface area contributed by atoms with E-state index in [0.29, 0.717) is 0 Å². The Hall–Kier alpha value is -0.870. The Bertz CT molecular complexity index is 335. The van der Waals surface area contributed by atoms with E-state index in [9.17, 15) is 0 Å². The van der Waals surface area contributed by atoms with Crippen molar-refractivity contribution >= 4 is 0 Å². The number of nitrogens with one attached hydrogen (secondary N) is 1. The van der Waals surface area contributed by atoms with Crippen molar-refractivity contribution in [3.63, 3.8) is 0 Å². The maximum atomic E-state index is 5.61. The van der Waals surface area contributed by atoms with Crippen LogP contribution in [-0.2, 0) is 11.3 Å². The lowest BCUT2D eigenvalue weighted by atomic mass is 10.1. The van der Waals surface area contributed by atoms with Crippen LogP contribution in [0.3, 0.4) is 0 Å². The third-order valence-corrected chi connectivity index (χ3v) is 2.68. The zero-order valence-corrected chi connectivity index (χ0v) is 10.2. The quantitative estimate of drug-likeness (QED) is 0.856. The third-order valence-electron chi connectivity index (χ3n) is 2.68. The highest BCUT2D eigenvalue weighted by atomic mass is 16.5. The van der Waals surface area contributed by atoms with Crippen molar-refractivity contribution in [3.8, 4) is 0 Å². The molecule has 0 aromatic carbocycles. The minimum Gasteiger partial charge on any atom is -0.445 e. The molecule has 4 heteroatoms. The van der Waals surface area contributed by atoms with Gasteiger partial charge in [-0.1, -0.05) is 0 Å². The van der Waals surface area contributed by atoms with Gasteiger partial charge >= 0.3 is 0 Å². The van der Waals surface area contributed by atoms with Crippen molar-refractivity contribution in [2.24, 2.45) is 0 Å². The molecule has 2 heterocycles. The minimum atomic E-state index is 0.0900. The summed E-state index contributed by atoms with van der Waals surface area (Å²) in [5, 5.41) is 3.41. The molecule has 2 rings (SSSR count). The number of hydrogen-bond acceptors (Lipinski definition) is 4.